The second-order valence-electron chi connectivity index (χ2n) is 4.56. The van der Waals surface area contributed by atoms with Gasteiger partial charge in [-0.15, -0.1) is 0 Å². The van der Waals surface area contributed by atoms with Crippen LogP contribution in [0.3, 0.4) is 0 Å². The van der Waals surface area contributed by atoms with Gasteiger partial charge >= 0.3 is 0 Å². The zero-order chi connectivity index (χ0) is 14.9. The summed E-state index contributed by atoms with van der Waals surface area (Å²) in [7, 11) is 0. The molecular weight excluding hydrogens is 286 g/mol. The molecule has 0 saturated heterocycles. The van der Waals surface area contributed by atoms with Crippen LogP contribution in [-0.2, 0) is 0 Å². The first kappa shape index (κ1) is 15.7. The van der Waals surface area contributed by atoms with E-state index >= 15 is 0 Å². The third-order valence-electron chi connectivity index (χ3n) is 2.74. The summed E-state index contributed by atoms with van der Waals surface area (Å²) in [6.45, 7) is 5.14. The van der Waals surface area contributed by atoms with E-state index in [1.807, 2.05) is 0 Å². The van der Waals surface area contributed by atoms with E-state index in [4.69, 9.17) is 0 Å². The zero-order valence-corrected chi connectivity index (χ0v) is 13.3. The standard InChI is InChI=1S/C13H21N7S/c1-3-5-6-8-21-13-18-11(15-7-4-2)17-12(19-13)20-10-14-9-16-20/h9-10H,3-8H2,1-2H3,(H,15,17,18,19). The van der Waals surface area contributed by atoms with Gasteiger partial charge in [0.05, 0.1) is 0 Å². The quantitative estimate of drug-likeness (QED) is 0.563. The Bertz CT molecular complexity index is 529. The summed E-state index contributed by atoms with van der Waals surface area (Å²) < 4.78 is 1.55. The summed E-state index contributed by atoms with van der Waals surface area (Å²) in [5.74, 6) is 2.11. The van der Waals surface area contributed by atoms with Gasteiger partial charge in [0.15, 0.2) is 5.16 Å². The fourth-order valence-electron chi connectivity index (χ4n) is 1.66. The summed E-state index contributed by atoms with van der Waals surface area (Å²) in [5.41, 5.74) is 0. The van der Waals surface area contributed by atoms with Crippen LogP contribution in [0.2, 0.25) is 0 Å². The second-order valence-corrected chi connectivity index (χ2v) is 5.63. The van der Waals surface area contributed by atoms with E-state index in [1.165, 1.54) is 25.6 Å². The molecule has 0 aliphatic heterocycles. The minimum atomic E-state index is 0.499. The minimum absolute atomic E-state index is 0.499. The van der Waals surface area contributed by atoms with Crippen LogP contribution < -0.4 is 5.32 Å². The van der Waals surface area contributed by atoms with Gasteiger partial charge in [-0.1, -0.05) is 38.5 Å². The fraction of sp³-hybridized carbons (Fsp3) is 0.615. The van der Waals surface area contributed by atoms with Crippen molar-refractivity contribution in [3.8, 4) is 5.95 Å². The Kier molecular flexibility index (Phi) is 6.39. The molecule has 0 aromatic carbocycles. The van der Waals surface area contributed by atoms with Crippen LogP contribution in [0.15, 0.2) is 17.8 Å². The summed E-state index contributed by atoms with van der Waals surface area (Å²) in [4.78, 5) is 17.2. The normalized spacial score (nSPS) is 10.8. The maximum atomic E-state index is 4.45. The van der Waals surface area contributed by atoms with E-state index in [0.29, 0.717) is 11.9 Å². The van der Waals surface area contributed by atoms with E-state index in [-0.39, 0.29) is 0 Å². The van der Waals surface area contributed by atoms with Gasteiger partial charge in [0.25, 0.3) is 5.95 Å². The average Bonchev–Trinajstić information content (AvgIpc) is 3.04. The van der Waals surface area contributed by atoms with Gasteiger partial charge in [0, 0.05) is 12.3 Å². The zero-order valence-electron chi connectivity index (χ0n) is 12.5. The molecule has 0 spiro atoms. The van der Waals surface area contributed by atoms with E-state index in [0.717, 1.165) is 23.9 Å². The van der Waals surface area contributed by atoms with Gasteiger partial charge in [-0.2, -0.15) is 24.7 Å². The molecule has 0 aliphatic rings. The van der Waals surface area contributed by atoms with Crippen LogP contribution in [0.4, 0.5) is 5.95 Å². The second kappa shape index (κ2) is 8.56. The van der Waals surface area contributed by atoms with Crippen molar-refractivity contribution in [1.82, 2.24) is 29.7 Å². The Morgan fingerprint density at radius 1 is 1.14 bits per heavy atom. The van der Waals surface area contributed by atoms with Crippen molar-refractivity contribution in [3.05, 3.63) is 12.7 Å². The summed E-state index contributed by atoms with van der Waals surface area (Å²) in [6.07, 6.45) is 7.69. The SMILES string of the molecule is CCCCCSc1nc(NCCC)nc(-n2cncn2)n1. The van der Waals surface area contributed by atoms with Crippen molar-refractivity contribution in [1.29, 1.82) is 0 Å². The molecule has 0 unspecified atom stereocenters. The topological polar surface area (TPSA) is 81.4 Å². The minimum Gasteiger partial charge on any atom is -0.354 e. The lowest BCUT2D eigenvalue weighted by Crippen LogP contribution is -2.10. The summed E-state index contributed by atoms with van der Waals surface area (Å²) in [6, 6.07) is 0. The number of aromatic nitrogens is 6. The Balaban J connectivity index is 2.12. The van der Waals surface area contributed by atoms with Crippen LogP contribution in [-0.4, -0.2) is 42.0 Å². The predicted octanol–water partition coefficient (Wildman–Crippen LogP) is 2.56. The molecule has 21 heavy (non-hydrogen) atoms. The van der Waals surface area contributed by atoms with Crippen molar-refractivity contribution < 1.29 is 0 Å². The molecule has 114 valence electrons. The highest BCUT2D eigenvalue weighted by Crippen LogP contribution is 2.17. The van der Waals surface area contributed by atoms with Crippen LogP contribution in [0, 0.1) is 0 Å². The predicted molar refractivity (Wildman–Crippen MR) is 83.8 cm³/mol. The number of unbranched alkanes of at least 4 members (excludes halogenated alkanes) is 2. The number of thioether (sulfide) groups is 1. The monoisotopic (exact) mass is 307 g/mol. The fourth-order valence-corrected chi connectivity index (χ4v) is 2.48. The first-order valence-electron chi connectivity index (χ1n) is 7.31. The van der Waals surface area contributed by atoms with E-state index in [9.17, 15) is 0 Å². The lowest BCUT2D eigenvalue weighted by atomic mass is 10.3. The number of rotatable bonds is 9. The van der Waals surface area contributed by atoms with Gasteiger partial charge in [-0.3, -0.25) is 0 Å². The molecule has 2 heterocycles. The highest BCUT2D eigenvalue weighted by molar-refractivity contribution is 7.99. The molecule has 7 nitrogen and oxygen atoms in total. The smallest absolute Gasteiger partial charge is 0.257 e. The maximum Gasteiger partial charge on any atom is 0.257 e. The van der Waals surface area contributed by atoms with Crippen molar-refractivity contribution in [2.75, 3.05) is 17.6 Å². The van der Waals surface area contributed by atoms with Crippen molar-refractivity contribution in [2.45, 2.75) is 44.7 Å². The largest absolute Gasteiger partial charge is 0.354 e. The third kappa shape index (κ3) is 4.96. The van der Waals surface area contributed by atoms with Crippen LogP contribution in [0.1, 0.15) is 39.5 Å². The van der Waals surface area contributed by atoms with Crippen LogP contribution in [0.5, 0.6) is 0 Å². The molecule has 0 bridgehead atoms. The van der Waals surface area contributed by atoms with Crippen LogP contribution in [0.25, 0.3) is 5.95 Å². The van der Waals surface area contributed by atoms with Crippen molar-refractivity contribution in [3.63, 3.8) is 0 Å². The van der Waals surface area contributed by atoms with E-state index in [2.05, 4.69) is 44.2 Å². The Labute approximate surface area is 129 Å². The molecule has 0 saturated carbocycles. The van der Waals surface area contributed by atoms with Gasteiger partial charge in [-0.25, -0.2) is 4.98 Å². The lowest BCUT2D eigenvalue weighted by Gasteiger charge is -2.07. The Morgan fingerprint density at radius 2 is 2.05 bits per heavy atom. The number of hydrogen-bond donors (Lipinski definition) is 1. The maximum absolute atomic E-state index is 4.45. The number of nitrogens with one attached hydrogen (secondary N) is 1. The first-order valence-corrected chi connectivity index (χ1v) is 8.29. The first-order chi connectivity index (χ1) is 10.3. The Morgan fingerprint density at radius 3 is 2.76 bits per heavy atom. The average molecular weight is 307 g/mol. The highest BCUT2D eigenvalue weighted by Gasteiger charge is 2.09. The molecule has 2 aromatic heterocycles. The molecule has 0 atom stereocenters. The molecule has 0 aliphatic carbocycles. The number of hydrogen-bond acceptors (Lipinski definition) is 7. The van der Waals surface area contributed by atoms with E-state index < -0.39 is 0 Å². The molecule has 2 rings (SSSR count). The molecule has 0 radical (unpaired) electrons. The molecular formula is C13H21N7S. The summed E-state index contributed by atoms with van der Waals surface area (Å²) >= 11 is 1.66. The van der Waals surface area contributed by atoms with Crippen molar-refractivity contribution >= 4 is 17.7 Å². The number of nitrogens with zero attached hydrogens (tertiary/aromatic N) is 6. The van der Waals surface area contributed by atoms with Crippen molar-refractivity contribution in [2.24, 2.45) is 0 Å². The Hall–Kier alpha value is -1.70. The lowest BCUT2D eigenvalue weighted by molar-refractivity contribution is 0.752. The third-order valence-corrected chi connectivity index (χ3v) is 3.67. The molecule has 0 fully saturated rings. The molecule has 8 heteroatoms. The number of anilines is 1. The molecule has 2 aromatic rings. The van der Waals surface area contributed by atoms with Gasteiger partial charge in [0.1, 0.15) is 12.7 Å². The molecule has 1 N–H and O–H groups in total. The van der Waals surface area contributed by atoms with Gasteiger partial charge < -0.3 is 5.32 Å². The molecule has 0 amide bonds. The van der Waals surface area contributed by atoms with Gasteiger partial charge in [0.2, 0.25) is 5.95 Å². The van der Waals surface area contributed by atoms with E-state index in [1.54, 1.807) is 22.8 Å². The van der Waals surface area contributed by atoms with Gasteiger partial charge in [-0.05, 0) is 12.8 Å². The highest BCUT2D eigenvalue weighted by atomic mass is 32.2. The summed E-state index contributed by atoms with van der Waals surface area (Å²) in [5, 5.41) is 8.00. The van der Waals surface area contributed by atoms with Crippen LogP contribution >= 0.6 is 11.8 Å².